The van der Waals surface area contributed by atoms with E-state index in [0.717, 1.165) is 10.7 Å². The molecule has 1 N–H and O–H groups in total. The Morgan fingerprint density at radius 2 is 1.68 bits per heavy atom. The summed E-state index contributed by atoms with van der Waals surface area (Å²) in [6.07, 6.45) is 0. The molecular formula is C14H9FN2O2. The van der Waals surface area contributed by atoms with Crippen LogP contribution in [0.4, 0.5) is 4.39 Å². The molecule has 3 aromatic rings. The van der Waals surface area contributed by atoms with Gasteiger partial charge in [-0.2, -0.15) is 0 Å². The van der Waals surface area contributed by atoms with E-state index in [9.17, 15) is 14.0 Å². The largest absolute Gasteiger partial charge is 0.277 e. The summed E-state index contributed by atoms with van der Waals surface area (Å²) in [4.78, 5) is 24.2. The molecule has 0 fully saturated rings. The van der Waals surface area contributed by atoms with Gasteiger partial charge >= 0.3 is 0 Å². The van der Waals surface area contributed by atoms with Crippen LogP contribution in [0.25, 0.3) is 16.5 Å². The lowest BCUT2D eigenvalue weighted by atomic mass is 10.2. The van der Waals surface area contributed by atoms with Gasteiger partial charge in [0.05, 0.1) is 16.5 Å². The number of para-hydroxylation sites is 1. The molecule has 0 bridgehead atoms. The molecule has 0 radical (unpaired) electrons. The van der Waals surface area contributed by atoms with Gasteiger partial charge in [0.15, 0.2) is 0 Å². The van der Waals surface area contributed by atoms with E-state index < -0.39 is 11.4 Å². The van der Waals surface area contributed by atoms with Crippen LogP contribution in [0.5, 0.6) is 0 Å². The minimum atomic E-state index is -0.546. The zero-order valence-corrected chi connectivity index (χ0v) is 9.76. The average Bonchev–Trinajstić information content (AvgIpc) is 2.43. The second-order valence-electron chi connectivity index (χ2n) is 4.11. The van der Waals surface area contributed by atoms with Crippen molar-refractivity contribution in [2.75, 3.05) is 0 Å². The highest BCUT2D eigenvalue weighted by atomic mass is 19.1. The number of H-pyrrole nitrogens is 1. The van der Waals surface area contributed by atoms with Crippen molar-refractivity contribution in [1.29, 1.82) is 0 Å². The number of hydrogen-bond donors (Lipinski definition) is 1. The Morgan fingerprint density at radius 1 is 0.947 bits per heavy atom. The van der Waals surface area contributed by atoms with E-state index in [1.54, 1.807) is 24.3 Å². The maximum absolute atomic E-state index is 13.1. The number of rotatable bonds is 1. The number of aromatic nitrogens is 2. The van der Waals surface area contributed by atoms with Crippen LogP contribution < -0.4 is 11.1 Å². The summed E-state index contributed by atoms with van der Waals surface area (Å²) in [7, 11) is 0. The molecule has 0 aliphatic carbocycles. The molecule has 0 unspecified atom stereocenters. The quantitative estimate of drug-likeness (QED) is 0.722. The van der Waals surface area contributed by atoms with Crippen LogP contribution in [-0.2, 0) is 0 Å². The molecule has 0 aliphatic rings. The Kier molecular flexibility index (Phi) is 2.52. The standard InChI is InChI=1S/C14H9FN2O2/c15-9-6-7-11-12(8-9)13(18)16-17(14(11)19)10-4-2-1-3-5-10/h1-8H,(H,16,18). The molecule has 5 heteroatoms. The van der Waals surface area contributed by atoms with Crippen molar-refractivity contribution in [2.24, 2.45) is 0 Å². The number of hydrogen-bond acceptors (Lipinski definition) is 2. The summed E-state index contributed by atoms with van der Waals surface area (Å²) in [6, 6.07) is 12.3. The fourth-order valence-corrected chi connectivity index (χ4v) is 1.98. The number of nitrogens with zero attached hydrogens (tertiary/aromatic N) is 1. The maximum atomic E-state index is 13.1. The molecule has 1 aromatic heterocycles. The number of aromatic amines is 1. The zero-order chi connectivity index (χ0) is 13.4. The fraction of sp³-hybridized carbons (Fsp3) is 0. The number of nitrogens with one attached hydrogen (secondary N) is 1. The van der Waals surface area contributed by atoms with E-state index in [4.69, 9.17) is 0 Å². The van der Waals surface area contributed by atoms with Crippen LogP contribution in [0.2, 0.25) is 0 Å². The van der Waals surface area contributed by atoms with Gasteiger partial charge in [-0.15, -0.1) is 0 Å². The van der Waals surface area contributed by atoms with E-state index in [1.807, 2.05) is 6.07 Å². The third-order valence-corrected chi connectivity index (χ3v) is 2.89. The van der Waals surface area contributed by atoms with Crippen LogP contribution in [0, 0.1) is 5.82 Å². The van der Waals surface area contributed by atoms with E-state index in [1.165, 1.54) is 12.1 Å². The topological polar surface area (TPSA) is 54.9 Å². The van der Waals surface area contributed by atoms with Crippen molar-refractivity contribution in [1.82, 2.24) is 9.78 Å². The van der Waals surface area contributed by atoms with Crippen LogP contribution in [-0.4, -0.2) is 9.78 Å². The normalized spacial score (nSPS) is 10.8. The Bertz CT molecular complexity index is 866. The fourth-order valence-electron chi connectivity index (χ4n) is 1.98. The van der Waals surface area contributed by atoms with Gasteiger partial charge in [-0.1, -0.05) is 18.2 Å². The van der Waals surface area contributed by atoms with Crippen molar-refractivity contribution in [3.8, 4) is 5.69 Å². The summed E-state index contributed by atoms with van der Waals surface area (Å²) in [5.74, 6) is -0.546. The van der Waals surface area contributed by atoms with E-state index in [-0.39, 0.29) is 16.3 Å². The van der Waals surface area contributed by atoms with Gasteiger partial charge in [0.2, 0.25) is 0 Å². The lowest BCUT2D eigenvalue weighted by Crippen LogP contribution is -2.28. The Hall–Kier alpha value is -2.69. The second kappa shape index (κ2) is 4.20. The van der Waals surface area contributed by atoms with E-state index >= 15 is 0 Å². The molecule has 0 atom stereocenters. The van der Waals surface area contributed by atoms with Gasteiger partial charge in [0, 0.05) is 0 Å². The third-order valence-electron chi connectivity index (χ3n) is 2.89. The smallest absolute Gasteiger partial charge is 0.267 e. The van der Waals surface area contributed by atoms with Crippen molar-refractivity contribution in [2.45, 2.75) is 0 Å². The highest BCUT2D eigenvalue weighted by molar-refractivity contribution is 5.80. The summed E-state index contributed by atoms with van der Waals surface area (Å²) in [6.45, 7) is 0. The lowest BCUT2D eigenvalue weighted by molar-refractivity contribution is 0.629. The molecule has 2 aromatic carbocycles. The predicted molar refractivity (Wildman–Crippen MR) is 70.1 cm³/mol. The van der Waals surface area contributed by atoms with Gasteiger partial charge in [-0.05, 0) is 30.3 Å². The molecule has 4 nitrogen and oxygen atoms in total. The van der Waals surface area contributed by atoms with Gasteiger partial charge in [0.25, 0.3) is 11.1 Å². The van der Waals surface area contributed by atoms with Gasteiger partial charge in [-0.25, -0.2) is 9.07 Å². The third kappa shape index (κ3) is 1.85. The van der Waals surface area contributed by atoms with Crippen molar-refractivity contribution in [3.05, 3.63) is 75.1 Å². The average molecular weight is 256 g/mol. The number of halogens is 1. The lowest BCUT2D eigenvalue weighted by Gasteiger charge is -2.06. The highest BCUT2D eigenvalue weighted by Gasteiger charge is 2.09. The van der Waals surface area contributed by atoms with Crippen LogP contribution >= 0.6 is 0 Å². The van der Waals surface area contributed by atoms with Gasteiger partial charge in [0.1, 0.15) is 5.82 Å². The molecule has 0 saturated carbocycles. The predicted octanol–water partition coefficient (Wildman–Crippen LogP) is 1.82. The van der Waals surface area contributed by atoms with E-state index in [0.29, 0.717) is 5.69 Å². The molecule has 0 saturated heterocycles. The molecular weight excluding hydrogens is 247 g/mol. The molecule has 0 aliphatic heterocycles. The van der Waals surface area contributed by atoms with Crippen LogP contribution in [0.15, 0.2) is 58.1 Å². The Labute approximate surface area is 106 Å². The Morgan fingerprint density at radius 3 is 2.42 bits per heavy atom. The number of benzene rings is 2. The summed E-state index contributed by atoms with van der Waals surface area (Å²) < 4.78 is 14.3. The van der Waals surface area contributed by atoms with Crippen LogP contribution in [0.3, 0.4) is 0 Å². The molecule has 3 rings (SSSR count). The van der Waals surface area contributed by atoms with Gasteiger partial charge in [-0.3, -0.25) is 14.7 Å². The molecule has 1 heterocycles. The zero-order valence-electron chi connectivity index (χ0n) is 9.76. The minimum absolute atomic E-state index is 0.0529. The van der Waals surface area contributed by atoms with Crippen molar-refractivity contribution >= 4 is 10.8 Å². The first-order chi connectivity index (χ1) is 9.16. The van der Waals surface area contributed by atoms with Crippen LogP contribution in [0.1, 0.15) is 0 Å². The SMILES string of the molecule is O=c1[nH]n(-c2ccccc2)c(=O)c2ccc(F)cc12. The first-order valence-electron chi connectivity index (χ1n) is 5.67. The first kappa shape index (κ1) is 11.4. The molecule has 0 amide bonds. The minimum Gasteiger partial charge on any atom is -0.267 e. The number of fused-ring (bicyclic) bond motifs is 1. The monoisotopic (exact) mass is 256 g/mol. The van der Waals surface area contributed by atoms with Crippen molar-refractivity contribution < 1.29 is 4.39 Å². The van der Waals surface area contributed by atoms with E-state index in [2.05, 4.69) is 5.10 Å². The summed E-state index contributed by atoms with van der Waals surface area (Å²) in [5.41, 5.74) is -0.338. The summed E-state index contributed by atoms with van der Waals surface area (Å²) >= 11 is 0. The molecule has 94 valence electrons. The second-order valence-corrected chi connectivity index (χ2v) is 4.11. The van der Waals surface area contributed by atoms with Crippen molar-refractivity contribution in [3.63, 3.8) is 0 Å². The van der Waals surface area contributed by atoms with Gasteiger partial charge < -0.3 is 0 Å². The highest BCUT2D eigenvalue weighted by Crippen LogP contribution is 2.08. The Balaban J connectivity index is 2.42. The summed E-state index contributed by atoms with van der Waals surface area (Å²) in [5, 5.41) is 2.69. The molecule has 19 heavy (non-hydrogen) atoms. The first-order valence-corrected chi connectivity index (χ1v) is 5.67. The molecule has 0 spiro atoms. The maximum Gasteiger partial charge on any atom is 0.277 e.